The van der Waals surface area contributed by atoms with Crippen LogP contribution in [0.2, 0.25) is 0 Å². The zero-order chi connectivity index (χ0) is 29.7. The van der Waals surface area contributed by atoms with E-state index in [1.54, 1.807) is 13.1 Å². The van der Waals surface area contributed by atoms with Crippen molar-refractivity contribution in [3.63, 3.8) is 0 Å². The van der Waals surface area contributed by atoms with Crippen LogP contribution >= 0.6 is 0 Å². The van der Waals surface area contributed by atoms with Gasteiger partial charge in [-0.1, -0.05) is 47.1 Å². The van der Waals surface area contributed by atoms with Gasteiger partial charge in [-0.3, -0.25) is 19.3 Å². The molecule has 0 aromatic heterocycles. The number of sulfonamides is 1. The van der Waals surface area contributed by atoms with Crippen molar-refractivity contribution in [2.24, 2.45) is 11.3 Å². The van der Waals surface area contributed by atoms with Crippen molar-refractivity contribution >= 4 is 33.4 Å². The molecule has 1 saturated heterocycles. The Morgan fingerprint density at radius 3 is 2.23 bits per heavy atom. The van der Waals surface area contributed by atoms with Crippen molar-refractivity contribution in [1.82, 2.24) is 19.8 Å². The van der Waals surface area contributed by atoms with Gasteiger partial charge in [-0.25, -0.2) is 13.1 Å². The Morgan fingerprint density at radius 1 is 1.13 bits per heavy atom. The highest BCUT2D eigenvalue weighted by molar-refractivity contribution is 7.90. The minimum atomic E-state index is -4.10. The topological polar surface area (TPSA) is 142 Å². The molecule has 1 aromatic rings. The fourth-order valence-electron chi connectivity index (χ4n) is 4.64. The van der Waals surface area contributed by atoms with Gasteiger partial charge in [0.05, 0.1) is 17.0 Å². The van der Waals surface area contributed by atoms with Gasteiger partial charge in [0.25, 0.3) is 15.9 Å². The molecule has 4 N–H and O–H groups in total. The standard InChI is InChI=1S/C28H45N5O5S/c1-18(2)23(17-19(3)25(34)31-39(37,38)21-14-12-20(29)13-15-21)33(8)27(36)24(28(4,5)6)30-26(35)22-11-9-10-16-32(22)7/h12-15,17-18,22-24H,9-11,16,29H2,1-8H3,(H,30,35)(H,31,34)/b19-17+/t22-,23-,24-/m1/s1. The zero-order valence-electron chi connectivity index (χ0n) is 24.4. The van der Waals surface area contributed by atoms with E-state index in [9.17, 15) is 22.8 Å². The van der Waals surface area contributed by atoms with Gasteiger partial charge >= 0.3 is 0 Å². The Kier molecular flexibility index (Phi) is 10.7. The molecule has 218 valence electrons. The van der Waals surface area contributed by atoms with Crippen molar-refractivity contribution in [2.45, 2.75) is 83.8 Å². The highest BCUT2D eigenvalue weighted by Gasteiger charge is 2.39. The van der Waals surface area contributed by atoms with Gasteiger partial charge < -0.3 is 16.0 Å². The number of piperidine rings is 1. The van der Waals surface area contributed by atoms with Crippen molar-refractivity contribution in [2.75, 3.05) is 26.4 Å². The molecular formula is C28H45N5O5S. The van der Waals surface area contributed by atoms with Crippen molar-refractivity contribution in [1.29, 1.82) is 0 Å². The molecule has 0 spiro atoms. The van der Waals surface area contributed by atoms with E-state index in [-0.39, 0.29) is 34.2 Å². The molecule has 39 heavy (non-hydrogen) atoms. The van der Waals surface area contributed by atoms with Gasteiger partial charge in [0, 0.05) is 18.3 Å². The molecule has 1 fully saturated rings. The molecule has 1 aromatic carbocycles. The minimum absolute atomic E-state index is 0.0853. The van der Waals surface area contributed by atoms with E-state index in [2.05, 4.69) is 10.0 Å². The van der Waals surface area contributed by atoms with Crippen LogP contribution in [0, 0.1) is 11.3 Å². The van der Waals surface area contributed by atoms with E-state index < -0.39 is 33.4 Å². The molecule has 3 amide bonds. The van der Waals surface area contributed by atoms with Gasteiger partial charge in [0.1, 0.15) is 6.04 Å². The number of hydrogen-bond donors (Lipinski definition) is 3. The second-order valence-electron chi connectivity index (χ2n) is 11.8. The first-order valence-electron chi connectivity index (χ1n) is 13.3. The largest absolute Gasteiger partial charge is 0.399 e. The normalized spacial score (nSPS) is 18.8. The number of nitrogens with zero attached hydrogens (tertiary/aromatic N) is 2. The van der Waals surface area contributed by atoms with Gasteiger partial charge in [0.2, 0.25) is 11.8 Å². The van der Waals surface area contributed by atoms with E-state index in [0.717, 1.165) is 25.8 Å². The Labute approximate surface area is 233 Å². The molecule has 0 radical (unpaired) electrons. The van der Waals surface area contributed by atoms with Gasteiger partial charge in [0.15, 0.2) is 0 Å². The summed E-state index contributed by atoms with van der Waals surface area (Å²) in [6.45, 7) is 11.8. The maximum Gasteiger partial charge on any atom is 0.264 e. The first-order valence-corrected chi connectivity index (χ1v) is 14.8. The summed E-state index contributed by atoms with van der Waals surface area (Å²) in [6, 6.07) is 3.92. The molecule has 0 unspecified atom stereocenters. The lowest BCUT2D eigenvalue weighted by atomic mass is 9.84. The Bertz CT molecular complexity index is 1170. The minimum Gasteiger partial charge on any atom is -0.399 e. The number of hydrogen-bond acceptors (Lipinski definition) is 7. The fourth-order valence-corrected chi connectivity index (χ4v) is 5.65. The van der Waals surface area contributed by atoms with E-state index in [0.29, 0.717) is 5.69 Å². The number of likely N-dealkylation sites (N-methyl/N-ethyl adjacent to an activating group) is 2. The lowest BCUT2D eigenvalue weighted by Crippen LogP contribution is -2.59. The van der Waals surface area contributed by atoms with Gasteiger partial charge in [-0.15, -0.1) is 0 Å². The SMILES string of the molecule is C/C(=C\[C@H](C(C)C)N(C)C(=O)[C@@H](NC(=O)[C@H]1CCCCN1C)C(C)(C)C)C(=O)NS(=O)(=O)c1ccc(N)cc1. The predicted octanol–water partition coefficient (Wildman–Crippen LogP) is 2.52. The number of nitrogens with one attached hydrogen (secondary N) is 2. The summed E-state index contributed by atoms with van der Waals surface area (Å²) in [7, 11) is -0.546. The number of benzene rings is 1. The lowest BCUT2D eigenvalue weighted by molar-refractivity contribution is -0.141. The first-order chi connectivity index (χ1) is 18.0. The van der Waals surface area contributed by atoms with Crippen LogP contribution in [-0.2, 0) is 24.4 Å². The predicted molar refractivity (Wildman–Crippen MR) is 153 cm³/mol. The Balaban J connectivity index is 2.25. The molecular weight excluding hydrogens is 518 g/mol. The number of carbonyl (C=O) groups is 3. The summed E-state index contributed by atoms with van der Waals surface area (Å²) in [6.07, 6.45) is 4.34. The van der Waals surface area contributed by atoms with E-state index in [1.807, 2.05) is 46.6 Å². The number of anilines is 1. The molecule has 11 heteroatoms. The van der Waals surface area contributed by atoms with Crippen LogP contribution in [0.3, 0.4) is 0 Å². The third-order valence-corrected chi connectivity index (χ3v) is 8.49. The average molecular weight is 564 g/mol. The Hall–Kier alpha value is -2.92. The van der Waals surface area contributed by atoms with Crippen LogP contribution in [0.4, 0.5) is 5.69 Å². The molecule has 0 saturated carbocycles. The molecule has 1 heterocycles. The van der Waals surface area contributed by atoms with Crippen molar-refractivity contribution in [3.8, 4) is 0 Å². The van der Waals surface area contributed by atoms with E-state index in [1.165, 1.54) is 36.1 Å². The van der Waals surface area contributed by atoms with Crippen molar-refractivity contribution < 1.29 is 22.8 Å². The summed E-state index contributed by atoms with van der Waals surface area (Å²) < 4.78 is 27.4. The van der Waals surface area contributed by atoms with Crippen LogP contribution in [0.15, 0.2) is 40.8 Å². The van der Waals surface area contributed by atoms with Crippen LogP contribution in [0.25, 0.3) is 0 Å². The van der Waals surface area contributed by atoms with E-state index in [4.69, 9.17) is 5.73 Å². The number of likely N-dealkylation sites (tertiary alicyclic amines) is 1. The number of rotatable bonds is 9. The fraction of sp³-hybridized carbons (Fsp3) is 0.607. The van der Waals surface area contributed by atoms with Crippen LogP contribution < -0.4 is 15.8 Å². The monoisotopic (exact) mass is 563 g/mol. The average Bonchev–Trinajstić information content (AvgIpc) is 2.84. The quantitative estimate of drug-likeness (QED) is 0.310. The molecule has 1 aliphatic heterocycles. The third kappa shape index (κ3) is 8.53. The third-order valence-electron chi connectivity index (χ3n) is 7.15. The highest BCUT2D eigenvalue weighted by atomic mass is 32.2. The first kappa shape index (κ1) is 32.3. The number of amides is 3. The van der Waals surface area contributed by atoms with Crippen molar-refractivity contribution in [3.05, 3.63) is 35.9 Å². The zero-order valence-corrected chi connectivity index (χ0v) is 25.3. The molecule has 1 aliphatic rings. The summed E-state index contributed by atoms with van der Waals surface area (Å²) in [5.74, 6) is -1.35. The molecule has 10 nitrogen and oxygen atoms in total. The summed E-state index contributed by atoms with van der Waals surface area (Å²) in [4.78, 5) is 43.3. The summed E-state index contributed by atoms with van der Waals surface area (Å²) in [5, 5.41) is 3.00. The molecule has 0 aliphatic carbocycles. The Morgan fingerprint density at radius 2 is 1.72 bits per heavy atom. The van der Waals surface area contributed by atoms with E-state index >= 15 is 0 Å². The van der Waals surface area contributed by atoms with Crippen LogP contribution in [0.1, 0.15) is 60.8 Å². The highest BCUT2D eigenvalue weighted by Crippen LogP contribution is 2.25. The number of carbonyl (C=O) groups excluding carboxylic acids is 3. The second kappa shape index (κ2) is 13.0. The maximum absolute atomic E-state index is 13.8. The van der Waals surface area contributed by atoms with Gasteiger partial charge in [-0.05, 0) is 69.0 Å². The van der Waals surface area contributed by atoms with Crippen LogP contribution in [0.5, 0.6) is 0 Å². The lowest BCUT2D eigenvalue weighted by Gasteiger charge is -2.39. The molecule has 0 bridgehead atoms. The number of nitrogen functional groups attached to an aromatic ring is 1. The molecule has 2 rings (SSSR count). The summed E-state index contributed by atoms with van der Waals surface area (Å²) in [5.41, 5.74) is 5.60. The van der Waals surface area contributed by atoms with Gasteiger partial charge in [-0.2, -0.15) is 0 Å². The molecule has 3 atom stereocenters. The smallest absolute Gasteiger partial charge is 0.264 e. The summed E-state index contributed by atoms with van der Waals surface area (Å²) >= 11 is 0. The maximum atomic E-state index is 13.8. The number of nitrogens with two attached hydrogens (primary N) is 1. The second-order valence-corrected chi connectivity index (χ2v) is 13.5. The van der Waals surface area contributed by atoms with Crippen LogP contribution in [-0.4, -0.2) is 74.7 Å².